The largest absolute Gasteiger partial charge is 0.311 e. The molecule has 126 valence electrons. The Balaban J connectivity index is 2.05. The molecule has 0 aliphatic carbocycles. The van der Waals surface area contributed by atoms with Crippen LogP contribution in [0.15, 0.2) is 57.8 Å². The number of aromatic nitrogens is 3. The van der Waals surface area contributed by atoms with Gasteiger partial charge in [-0.15, -0.1) is 0 Å². The summed E-state index contributed by atoms with van der Waals surface area (Å²) in [5.41, 5.74) is 4.74. The molecule has 0 bridgehead atoms. The van der Waals surface area contributed by atoms with Crippen molar-refractivity contribution in [2.45, 2.75) is 26.8 Å². The lowest BCUT2D eigenvalue weighted by Gasteiger charge is -2.16. The van der Waals surface area contributed by atoms with Gasteiger partial charge < -0.3 is 4.57 Å². The van der Waals surface area contributed by atoms with E-state index in [1.807, 2.05) is 50.2 Å². The second-order valence-corrected chi connectivity index (χ2v) is 7.09. The smallest absolute Gasteiger partial charge is 0.262 e. The van der Waals surface area contributed by atoms with Crippen LogP contribution in [0.25, 0.3) is 16.8 Å². The Kier molecular flexibility index (Phi) is 3.96. The van der Waals surface area contributed by atoms with Crippen LogP contribution in [0.5, 0.6) is 0 Å². The first-order chi connectivity index (χ1) is 12.1. The van der Waals surface area contributed by atoms with E-state index >= 15 is 0 Å². The molecule has 0 aliphatic rings. The monoisotopic (exact) mass is 395 g/mol. The Morgan fingerprint density at radius 2 is 1.80 bits per heavy atom. The Morgan fingerprint density at radius 3 is 2.52 bits per heavy atom. The fourth-order valence-corrected chi connectivity index (χ4v) is 3.63. The lowest BCUT2D eigenvalue weighted by Crippen LogP contribution is -2.25. The molecule has 0 spiro atoms. The summed E-state index contributed by atoms with van der Waals surface area (Å²) in [7, 11) is 0. The summed E-state index contributed by atoms with van der Waals surface area (Å²) in [5, 5.41) is 0. The zero-order valence-electron chi connectivity index (χ0n) is 14.2. The van der Waals surface area contributed by atoms with Crippen LogP contribution >= 0.6 is 15.9 Å². The molecule has 0 atom stereocenters. The molecule has 0 aliphatic heterocycles. The molecular weight excluding hydrogens is 378 g/mol. The summed E-state index contributed by atoms with van der Waals surface area (Å²) in [6.07, 6.45) is 0.702. The van der Waals surface area contributed by atoms with Gasteiger partial charge in [-0.2, -0.15) is 0 Å². The molecule has 0 saturated carbocycles. The Labute approximate surface area is 153 Å². The minimum atomic E-state index is 0.0377. The number of hydrogen-bond acceptors (Lipinski definition) is 2. The average molecular weight is 396 g/mol. The van der Waals surface area contributed by atoms with E-state index in [1.54, 1.807) is 4.40 Å². The highest BCUT2D eigenvalue weighted by molar-refractivity contribution is 9.10. The molecule has 2 aromatic carbocycles. The maximum Gasteiger partial charge on any atom is 0.262 e. The maximum absolute atomic E-state index is 13.0. The van der Waals surface area contributed by atoms with Gasteiger partial charge in [0, 0.05) is 15.7 Å². The minimum Gasteiger partial charge on any atom is -0.311 e. The van der Waals surface area contributed by atoms with Gasteiger partial charge in [-0.25, -0.2) is 9.38 Å². The van der Waals surface area contributed by atoms with E-state index in [2.05, 4.69) is 32.6 Å². The summed E-state index contributed by atoms with van der Waals surface area (Å²) >= 11 is 3.48. The van der Waals surface area contributed by atoms with Crippen LogP contribution in [0.3, 0.4) is 0 Å². The second kappa shape index (κ2) is 6.15. The van der Waals surface area contributed by atoms with Gasteiger partial charge in [0.25, 0.3) is 5.56 Å². The highest BCUT2D eigenvalue weighted by atomic mass is 79.9. The fraction of sp³-hybridized carbons (Fsp3) is 0.200. The third-order valence-corrected chi connectivity index (χ3v) is 5.22. The van der Waals surface area contributed by atoms with Gasteiger partial charge >= 0.3 is 0 Å². The number of rotatable bonds is 3. The number of hydrogen-bond donors (Lipinski definition) is 0. The van der Waals surface area contributed by atoms with Crippen molar-refractivity contribution < 1.29 is 0 Å². The first kappa shape index (κ1) is 16.1. The van der Waals surface area contributed by atoms with E-state index < -0.39 is 0 Å². The predicted octanol–water partition coefficient (Wildman–Crippen LogP) is 4.33. The molecule has 2 heterocycles. The SMILES string of the molecule is CCc1c(C)n(Cc2ccc(Br)cc2)c2nc3ccccc3n2c1=O. The molecule has 0 N–H and O–H groups in total. The van der Waals surface area contributed by atoms with Crippen molar-refractivity contribution in [1.82, 2.24) is 14.0 Å². The number of benzene rings is 2. The lowest BCUT2D eigenvalue weighted by molar-refractivity contribution is 0.734. The minimum absolute atomic E-state index is 0.0377. The van der Waals surface area contributed by atoms with Gasteiger partial charge in [0.15, 0.2) is 0 Å². The molecule has 2 aromatic heterocycles. The Hall–Kier alpha value is -2.40. The van der Waals surface area contributed by atoms with E-state index in [-0.39, 0.29) is 5.56 Å². The number of nitrogens with zero attached hydrogens (tertiary/aromatic N) is 3. The van der Waals surface area contributed by atoms with Crippen LogP contribution in [0.4, 0.5) is 0 Å². The Morgan fingerprint density at radius 1 is 1.08 bits per heavy atom. The van der Waals surface area contributed by atoms with Crippen LogP contribution in [-0.2, 0) is 13.0 Å². The van der Waals surface area contributed by atoms with Crippen LogP contribution in [0.2, 0.25) is 0 Å². The summed E-state index contributed by atoms with van der Waals surface area (Å²) in [6, 6.07) is 16.0. The third-order valence-electron chi connectivity index (χ3n) is 4.69. The fourth-order valence-electron chi connectivity index (χ4n) is 3.37. The van der Waals surface area contributed by atoms with Crippen molar-refractivity contribution in [1.29, 1.82) is 0 Å². The van der Waals surface area contributed by atoms with E-state index in [0.717, 1.165) is 26.8 Å². The quantitative estimate of drug-likeness (QED) is 0.517. The zero-order chi connectivity index (χ0) is 17.6. The first-order valence-corrected chi connectivity index (χ1v) is 9.13. The van der Waals surface area contributed by atoms with Crippen molar-refractivity contribution in [2.24, 2.45) is 0 Å². The average Bonchev–Trinajstić information content (AvgIpc) is 3.00. The molecule has 0 fully saturated rings. The lowest BCUT2D eigenvalue weighted by atomic mass is 10.1. The van der Waals surface area contributed by atoms with Crippen LogP contribution in [-0.4, -0.2) is 14.0 Å². The topological polar surface area (TPSA) is 39.3 Å². The molecule has 4 nitrogen and oxygen atoms in total. The Bertz CT molecular complexity index is 1140. The second-order valence-electron chi connectivity index (χ2n) is 6.17. The third kappa shape index (κ3) is 2.59. The molecule has 4 aromatic rings. The van der Waals surface area contributed by atoms with Gasteiger partial charge in [0.05, 0.1) is 17.6 Å². The van der Waals surface area contributed by atoms with Crippen LogP contribution < -0.4 is 5.56 Å². The molecule has 0 unspecified atom stereocenters. The van der Waals surface area contributed by atoms with E-state index in [4.69, 9.17) is 4.98 Å². The van der Waals surface area contributed by atoms with Gasteiger partial charge in [-0.1, -0.05) is 47.1 Å². The first-order valence-electron chi connectivity index (χ1n) is 8.34. The number of para-hydroxylation sites is 2. The highest BCUT2D eigenvalue weighted by Crippen LogP contribution is 2.19. The van der Waals surface area contributed by atoms with Crippen molar-refractivity contribution in [3.05, 3.63) is 80.2 Å². The van der Waals surface area contributed by atoms with Gasteiger partial charge in [-0.3, -0.25) is 4.79 Å². The maximum atomic E-state index is 13.0. The van der Waals surface area contributed by atoms with E-state index in [0.29, 0.717) is 18.7 Å². The normalized spacial score (nSPS) is 11.5. The summed E-state index contributed by atoms with van der Waals surface area (Å²) in [4.78, 5) is 17.8. The summed E-state index contributed by atoms with van der Waals surface area (Å²) < 4.78 is 4.95. The van der Waals surface area contributed by atoms with Gasteiger partial charge in [-0.05, 0) is 43.2 Å². The van der Waals surface area contributed by atoms with Gasteiger partial charge in [0.2, 0.25) is 5.78 Å². The molecule has 0 saturated heterocycles. The molecule has 0 amide bonds. The number of fused-ring (bicyclic) bond motifs is 3. The molecule has 25 heavy (non-hydrogen) atoms. The standard InChI is InChI=1S/C20H18BrN3O/c1-3-16-13(2)23(12-14-8-10-15(21)11-9-14)20-22-17-6-4-5-7-18(17)24(20)19(16)25/h4-11H,3,12H2,1-2H3. The van der Waals surface area contributed by atoms with Crippen molar-refractivity contribution >= 4 is 32.7 Å². The number of imidazole rings is 1. The zero-order valence-corrected chi connectivity index (χ0v) is 15.7. The van der Waals surface area contributed by atoms with E-state index in [9.17, 15) is 4.79 Å². The van der Waals surface area contributed by atoms with E-state index in [1.165, 1.54) is 5.56 Å². The molecule has 5 heteroatoms. The van der Waals surface area contributed by atoms with Gasteiger partial charge in [0.1, 0.15) is 0 Å². The molecule has 4 rings (SSSR count). The van der Waals surface area contributed by atoms with Crippen LogP contribution in [0.1, 0.15) is 23.7 Å². The summed E-state index contributed by atoms with van der Waals surface area (Å²) in [6.45, 7) is 4.72. The molecule has 0 radical (unpaired) electrons. The predicted molar refractivity (Wildman–Crippen MR) is 104 cm³/mol. The summed E-state index contributed by atoms with van der Waals surface area (Å²) in [5.74, 6) is 0.698. The number of halogens is 1. The highest BCUT2D eigenvalue weighted by Gasteiger charge is 2.17. The van der Waals surface area contributed by atoms with Crippen molar-refractivity contribution in [2.75, 3.05) is 0 Å². The van der Waals surface area contributed by atoms with Crippen LogP contribution in [0, 0.1) is 6.92 Å². The van der Waals surface area contributed by atoms with Crippen molar-refractivity contribution in [3.8, 4) is 0 Å². The molecular formula is C20H18BrN3O. The van der Waals surface area contributed by atoms with Crippen molar-refractivity contribution in [3.63, 3.8) is 0 Å².